The summed E-state index contributed by atoms with van der Waals surface area (Å²) in [4.78, 5) is 20.3. The van der Waals surface area contributed by atoms with E-state index >= 15 is 0 Å². The van der Waals surface area contributed by atoms with Gasteiger partial charge in [-0.2, -0.15) is 0 Å². The molecule has 1 aliphatic heterocycles. The molecule has 1 saturated heterocycles. The quantitative estimate of drug-likeness (QED) is 0.880. The van der Waals surface area contributed by atoms with Crippen LogP contribution in [0.15, 0.2) is 10.6 Å². The zero-order valence-electron chi connectivity index (χ0n) is 13.4. The van der Waals surface area contributed by atoms with Crippen LogP contribution in [0.5, 0.6) is 0 Å². The number of aryl methyl sites for hydroxylation is 2. The number of anilines is 1. The molecular weight excluding hydrogens is 328 g/mol. The lowest BCUT2D eigenvalue weighted by Crippen LogP contribution is -2.36. The smallest absolute Gasteiger partial charge is 0.289 e. The Morgan fingerprint density at radius 1 is 1.33 bits per heavy atom. The van der Waals surface area contributed by atoms with Gasteiger partial charge in [-0.3, -0.25) is 4.79 Å². The number of thiazole rings is 1. The maximum Gasteiger partial charge on any atom is 0.289 e. The summed E-state index contributed by atoms with van der Waals surface area (Å²) in [5, 5.41) is 7.97. The average Bonchev–Trinajstić information content (AvgIpc) is 3.31. The van der Waals surface area contributed by atoms with Crippen LogP contribution < -0.4 is 10.2 Å². The maximum atomic E-state index is 12.2. The van der Waals surface area contributed by atoms with Gasteiger partial charge in [-0.25, -0.2) is 4.98 Å². The van der Waals surface area contributed by atoms with E-state index in [1.165, 1.54) is 17.0 Å². The average molecular weight is 348 g/mol. The number of aromatic nitrogens is 2. The molecule has 24 heavy (non-hydrogen) atoms. The molecule has 0 atom stereocenters. The third kappa shape index (κ3) is 3.29. The highest BCUT2D eigenvalue weighted by atomic mass is 32.1. The first-order valence-corrected chi connectivity index (χ1v) is 9.16. The number of ether oxygens (including phenoxy) is 1. The van der Waals surface area contributed by atoms with Gasteiger partial charge in [-0.05, 0) is 19.3 Å². The van der Waals surface area contributed by atoms with Crippen molar-refractivity contribution in [2.45, 2.75) is 25.7 Å². The van der Waals surface area contributed by atoms with Crippen LogP contribution in [-0.4, -0.2) is 48.9 Å². The molecule has 0 unspecified atom stereocenters. The molecule has 4 rings (SSSR count). The van der Waals surface area contributed by atoms with E-state index in [4.69, 9.17) is 9.26 Å². The van der Waals surface area contributed by atoms with E-state index in [9.17, 15) is 4.79 Å². The molecule has 0 spiro atoms. The summed E-state index contributed by atoms with van der Waals surface area (Å²) in [6.45, 7) is 3.43. The molecule has 2 aromatic rings. The fraction of sp³-hybridized carbons (Fsp3) is 0.562. The van der Waals surface area contributed by atoms with Gasteiger partial charge < -0.3 is 19.5 Å². The van der Waals surface area contributed by atoms with Crippen molar-refractivity contribution in [2.75, 3.05) is 37.7 Å². The number of morpholine rings is 1. The van der Waals surface area contributed by atoms with Gasteiger partial charge >= 0.3 is 0 Å². The topological polar surface area (TPSA) is 80.5 Å². The van der Waals surface area contributed by atoms with E-state index < -0.39 is 0 Å². The number of carbonyl (C=O) groups excluding carboxylic acids is 1. The summed E-state index contributed by atoms with van der Waals surface area (Å²) in [6.07, 6.45) is 4.23. The van der Waals surface area contributed by atoms with Crippen LogP contribution in [0.2, 0.25) is 0 Å². The highest BCUT2D eigenvalue weighted by Gasteiger charge is 2.19. The molecule has 2 aliphatic rings. The second-order valence-corrected chi connectivity index (χ2v) is 7.15. The number of hydrogen-bond donors (Lipinski definition) is 1. The van der Waals surface area contributed by atoms with E-state index in [0.717, 1.165) is 37.4 Å². The first-order chi connectivity index (χ1) is 11.8. The SMILES string of the molecule is O=C(NCCc1nc2c(s1)CCC2)c1cc(N2CCOCC2)no1. The molecule has 3 heterocycles. The monoisotopic (exact) mass is 348 g/mol. The van der Waals surface area contributed by atoms with Crippen molar-refractivity contribution >= 4 is 23.1 Å². The lowest BCUT2D eigenvalue weighted by Gasteiger charge is -2.25. The van der Waals surface area contributed by atoms with Gasteiger partial charge in [0.15, 0.2) is 5.82 Å². The Hall–Kier alpha value is -1.93. The standard InChI is InChI=1S/C16H20N4O3S/c21-16(12-10-14(19-23-12)20-6-8-22-9-7-20)17-5-4-15-18-11-2-1-3-13(11)24-15/h10H,1-9H2,(H,17,21). The largest absolute Gasteiger partial charge is 0.378 e. The minimum absolute atomic E-state index is 0.230. The second kappa shape index (κ2) is 6.90. The molecule has 128 valence electrons. The number of rotatable bonds is 5. The summed E-state index contributed by atoms with van der Waals surface area (Å²) >= 11 is 1.78. The summed E-state index contributed by atoms with van der Waals surface area (Å²) < 4.78 is 10.5. The number of fused-ring (bicyclic) bond motifs is 1. The van der Waals surface area contributed by atoms with Crippen LogP contribution >= 0.6 is 11.3 Å². The lowest BCUT2D eigenvalue weighted by atomic mass is 10.3. The van der Waals surface area contributed by atoms with Crippen molar-refractivity contribution in [1.82, 2.24) is 15.5 Å². The summed E-state index contributed by atoms with van der Waals surface area (Å²) in [7, 11) is 0. The molecule has 1 amide bonds. The van der Waals surface area contributed by atoms with E-state index in [1.54, 1.807) is 17.4 Å². The molecule has 1 fully saturated rings. The fourth-order valence-corrected chi connectivity index (χ4v) is 4.19. The molecule has 0 aromatic carbocycles. The van der Waals surface area contributed by atoms with Gasteiger partial charge in [0.05, 0.1) is 23.9 Å². The molecule has 0 radical (unpaired) electrons. The first-order valence-electron chi connectivity index (χ1n) is 8.34. The Labute approximate surface area is 144 Å². The van der Waals surface area contributed by atoms with Gasteiger partial charge in [0, 0.05) is 37.0 Å². The number of nitrogens with zero attached hydrogens (tertiary/aromatic N) is 3. The number of hydrogen-bond acceptors (Lipinski definition) is 7. The van der Waals surface area contributed by atoms with Crippen LogP contribution in [0.3, 0.4) is 0 Å². The Bertz CT molecular complexity index is 699. The molecule has 0 saturated carbocycles. The fourth-order valence-electron chi connectivity index (χ4n) is 3.04. The van der Waals surface area contributed by atoms with Gasteiger partial charge in [-0.15, -0.1) is 11.3 Å². The third-order valence-electron chi connectivity index (χ3n) is 4.32. The molecule has 8 heteroatoms. The van der Waals surface area contributed by atoms with Gasteiger partial charge in [-0.1, -0.05) is 5.16 Å². The Morgan fingerprint density at radius 3 is 3.04 bits per heavy atom. The van der Waals surface area contributed by atoms with Crippen molar-refractivity contribution in [3.8, 4) is 0 Å². The van der Waals surface area contributed by atoms with Crippen LogP contribution in [0.1, 0.15) is 32.6 Å². The zero-order chi connectivity index (χ0) is 16.4. The van der Waals surface area contributed by atoms with E-state index in [0.29, 0.717) is 25.6 Å². The zero-order valence-corrected chi connectivity index (χ0v) is 14.2. The van der Waals surface area contributed by atoms with E-state index in [2.05, 4.69) is 20.4 Å². The second-order valence-electron chi connectivity index (χ2n) is 5.99. The van der Waals surface area contributed by atoms with Crippen LogP contribution in [0.25, 0.3) is 0 Å². The maximum absolute atomic E-state index is 12.2. The highest BCUT2D eigenvalue weighted by Crippen LogP contribution is 2.27. The minimum Gasteiger partial charge on any atom is -0.378 e. The first kappa shape index (κ1) is 15.6. The predicted octanol–water partition coefficient (Wildman–Crippen LogP) is 1.43. The number of nitrogens with one attached hydrogen (secondary N) is 1. The van der Waals surface area contributed by atoms with Crippen molar-refractivity contribution in [1.29, 1.82) is 0 Å². The molecule has 2 aromatic heterocycles. The molecular formula is C16H20N4O3S. The molecule has 7 nitrogen and oxygen atoms in total. The highest BCUT2D eigenvalue weighted by molar-refractivity contribution is 7.11. The lowest BCUT2D eigenvalue weighted by molar-refractivity contribution is 0.0917. The van der Waals surface area contributed by atoms with Gasteiger partial charge in [0.1, 0.15) is 0 Å². The van der Waals surface area contributed by atoms with E-state index in [1.807, 2.05) is 0 Å². The number of carbonyl (C=O) groups is 1. The third-order valence-corrected chi connectivity index (χ3v) is 5.54. The number of amides is 1. The van der Waals surface area contributed by atoms with Crippen LogP contribution in [0.4, 0.5) is 5.82 Å². The van der Waals surface area contributed by atoms with Crippen molar-refractivity contribution in [2.24, 2.45) is 0 Å². The Balaban J connectivity index is 1.28. The van der Waals surface area contributed by atoms with Crippen LogP contribution in [0, 0.1) is 0 Å². The molecule has 1 aliphatic carbocycles. The van der Waals surface area contributed by atoms with Gasteiger partial charge in [0.25, 0.3) is 5.91 Å². The summed E-state index contributed by atoms with van der Waals surface area (Å²) in [5.41, 5.74) is 1.26. The van der Waals surface area contributed by atoms with Crippen LogP contribution in [-0.2, 0) is 24.0 Å². The minimum atomic E-state index is -0.230. The predicted molar refractivity (Wildman–Crippen MR) is 89.7 cm³/mol. The Morgan fingerprint density at radius 2 is 2.21 bits per heavy atom. The Kier molecular flexibility index (Phi) is 4.48. The van der Waals surface area contributed by atoms with Crippen molar-refractivity contribution in [3.05, 3.63) is 27.4 Å². The molecule has 1 N–H and O–H groups in total. The summed E-state index contributed by atoms with van der Waals surface area (Å²) in [5.74, 6) is 0.712. The van der Waals surface area contributed by atoms with Gasteiger partial charge in [0.2, 0.25) is 5.76 Å². The van der Waals surface area contributed by atoms with Crippen molar-refractivity contribution in [3.63, 3.8) is 0 Å². The van der Waals surface area contributed by atoms with E-state index in [-0.39, 0.29) is 11.7 Å². The normalized spacial score (nSPS) is 17.1. The summed E-state index contributed by atoms with van der Waals surface area (Å²) in [6, 6.07) is 1.69. The molecule has 0 bridgehead atoms. The van der Waals surface area contributed by atoms with Crippen molar-refractivity contribution < 1.29 is 14.1 Å².